The highest BCUT2D eigenvalue weighted by atomic mass is 16.4. The second kappa shape index (κ2) is 7.63. The van der Waals surface area contributed by atoms with E-state index in [1.165, 1.54) is 16.7 Å². The topological polar surface area (TPSA) is 40.5 Å². The standard InChI is InChI=1S/C21H25NO2/c1-2-16-8-10-18(11-9-16)19-12-20(21(23)24)15-22(14-19)13-17-6-4-3-5-7-17/h3-11,19-20H,2,12-15H2,1H3,(H,23,24)/t19-,20+/m1/s1. The first-order chi connectivity index (χ1) is 11.7. The summed E-state index contributed by atoms with van der Waals surface area (Å²) in [6.45, 7) is 4.52. The van der Waals surface area contributed by atoms with Crippen molar-refractivity contribution in [1.82, 2.24) is 4.90 Å². The predicted molar refractivity (Wildman–Crippen MR) is 96.0 cm³/mol. The first kappa shape index (κ1) is 16.7. The quantitative estimate of drug-likeness (QED) is 0.906. The molecule has 3 nitrogen and oxygen atoms in total. The van der Waals surface area contributed by atoms with E-state index >= 15 is 0 Å². The van der Waals surface area contributed by atoms with Gasteiger partial charge in [-0.1, -0.05) is 61.5 Å². The summed E-state index contributed by atoms with van der Waals surface area (Å²) in [4.78, 5) is 13.9. The lowest BCUT2D eigenvalue weighted by molar-refractivity contribution is -0.144. The van der Waals surface area contributed by atoms with Crippen LogP contribution in [0.1, 0.15) is 36.0 Å². The Morgan fingerprint density at radius 2 is 1.75 bits per heavy atom. The van der Waals surface area contributed by atoms with Crippen molar-refractivity contribution >= 4 is 5.97 Å². The summed E-state index contributed by atoms with van der Waals surface area (Å²) >= 11 is 0. The molecule has 2 atom stereocenters. The molecule has 2 aromatic carbocycles. The van der Waals surface area contributed by atoms with E-state index in [4.69, 9.17) is 0 Å². The number of carbonyl (C=O) groups is 1. The van der Waals surface area contributed by atoms with Crippen molar-refractivity contribution in [1.29, 1.82) is 0 Å². The zero-order valence-corrected chi connectivity index (χ0v) is 14.2. The molecule has 1 saturated heterocycles. The monoisotopic (exact) mass is 323 g/mol. The second-order valence-electron chi connectivity index (χ2n) is 6.74. The van der Waals surface area contributed by atoms with Gasteiger partial charge in [0.1, 0.15) is 0 Å². The van der Waals surface area contributed by atoms with Crippen LogP contribution in [0.15, 0.2) is 54.6 Å². The molecule has 1 fully saturated rings. The van der Waals surface area contributed by atoms with E-state index in [9.17, 15) is 9.90 Å². The summed E-state index contributed by atoms with van der Waals surface area (Å²) in [5.41, 5.74) is 3.82. The molecule has 0 spiro atoms. The third-order valence-electron chi connectivity index (χ3n) is 4.98. The van der Waals surface area contributed by atoms with Gasteiger partial charge in [0, 0.05) is 19.6 Å². The molecule has 126 valence electrons. The average Bonchev–Trinajstić information content (AvgIpc) is 2.62. The molecule has 1 N–H and O–H groups in total. The molecule has 0 unspecified atom stereocenters. The van der Waals surface area contributed by atoms with Crippen molar-refractivity contribution in [3.05, 3.63) is 71.3 Å². The predicted octanol–water partition coefficient (Wildman–Crippen LogP) is 3.94. The van der Waals surface area contributed by atoms with E-state index in [-0.39, 0.29) is 11.8 Å². The highest BCUT2D eigenvalue weighted by Crippen LogP contribution is 2.31. The maximum absolute atomic E-state index is 11.6. The maximum Gasteiger partial charge on any atom is 0.307 e. The number of carboxylic acids is 1. The van der Waals surface area contributed by atoms with E-state index in [1.807, 2.05) is 18.2 Å². The molecular weight excluding hydrogens is 298 g/mol. The lowest BCUT2D eigenvalue weighted by atomic mass is 9.84. The number of rotatable bonds is 5. The zero-order valence-electron chi connectivity index (χ0n) is 14.2. The van der Waals surface area contributed by atoms with Crippen molar-refractivity contribution in [3.8, 4) is 0 Å². The van der Waals surface area contributed by atoms with Gasteiger partial charge in [-0.25, -0.2) is 0 Å². The van der Waals surface area contributed by atoms with Gasteiger partial charge in [-0.15, -0.1) is 0 Å². The maximum atomic E-state index is 11.6. The summed E-state index contributed by atoms with van der Waals surface area (Å²) in [5, 5.41) is 9.54. The normalized spacial score (nSPS) is 21.5. The molecule has 0 aliphatic carbocycles. The first-order valence-electron chi connectivity index (χ1n) is 8.73. The fourth-order valence-corrected chi connectivity index (χ4v) is 3.61. The van der Waals surface area contributed by atoms with Crippen LogP contribution >= 0.6 is 0 Å². The number of carboxylic acid groups (broad SMARTS) is 1. The highest BCUT2D eigenvalue weighted by molar-refractivity contribution is 5.70. The lowest BCUT2D eigenvalue weighted by Gasteiger charge is -2.36. The smallest absolute Gasteiger partial charge is 0.307 e. The molecule has 0 radical (unpaired) electrons. The number of hydrogen-bond acceptors (Lipinski definition) is 2. The Hall–Kier alpha value is -2.13. The van der Waals surface area contributed by atoms with Crippen LogP contribution in [0.4, 0.5) is 0 Å². The molecule has 1 aliphatic rings. The van der Waals surface area contributed by atoms with Crippen LogP contribution < -0.4 is 0 Å². The molecule has 2 aromatic rings. The van der Waals surface area contributed by atoms with Gasteiger partial charge in [0.15, 0.2) is 0 Å². The molecule has 0 amide bonds. The number of hydrogen-bond donors (Lipinski definition) is 1. The fraction of sp³-hybridized carbons (Fsp3) is 0.381. The van der Waals surface area contributed by atoms with Crippen LogP contribution in [0.2, 0.25) is 0 Å². The second-order valence-corrected chi connectivity index (χ2v) is 6.74. The molecule has 1 heterocycles. The zero-order chi connectivity index (χ0) is 16.9. The van der Waals surface area contributed by atoms with Gasteiger partial charge < -0.3 is 5.11 Å². The summed E-state index contributed by atoms with van der Waals surface area (Å²) in [6.07, 6.45) is 1.76. The van der Waals surface area contributed by atoms with Crippen LogP contribution in [0.3, 0.4) is 0 Å². The Bertz CT molecular complexity index is 666. The van der Waals surface area contributed by atoms with E-state index in [0.717, 1.165) is 25.9 Å². The highest BCUT2D eigenvalue weighted by Gasteiger charge is 2.32. The number of benzene rings is 2. The van der Waals surface area contributed by atoms with Crippen molar-refractivity contribution in [2.45, 2.75) is 32.2 Å². The Morgan fingerprint density at radius 1 is 1.04 bits per heavy atom. The van der Waals surface area contributed by atoms with Gasteiger partial charge in [-0.3, -0.25) is 9.69 Å². The van der Waals surface area contributed by atoms with Crippen molar-refractivity contribution in [2.24, 2.45) is 5.92 Å². The third kappa shape index (κ3) is 4.04. The van der Waals surface area contributed by atoms with Gasteiger partial charge in [0.2, 0.25) is 0 Å². The Balaban J connectivity index is 1.76. The average molecular weight is 323 g/mol. The Labute approximate surface area is 143 Å². The van der Waals surface area contributed by atoms with Crippen LogP contribution in [0.5, 0.6) is 0 Å². The van der Waals surface area contributed by atoms with Crippen LogP contribution in [-0.4, -0.2) is 29.1 Å². The lowest BCUT2D eigenvalue weighted by Crippen LogP contribution is -2.41. The molecule has 0 saturated carbocycles. The Morgan fingerprint density at radius 3 is 2.38 bits per heavy atom. The van der Waals surface area contributed by atoms with Gasteiger partial charge in [-0.05, 0) is 35.4 Å². The van der Waals surface area contributed by atoms with E-state index in [0.29, 0.717) is 6.54 Å². The number of aryl methyl sites for hydroxylation is 1. The molecule has 3 rings (SSSR count). The van der Waals surface area contributed by atoms with Crippen LogP contribution in [0, 0.1) is 5.92 Å². The minimum Gasteiger partial charge on any atom is -0.481 e. The SMILES string of the molecule is CCc1ccc([C@@H]2C[C@H](C(=O)O)CN(Cc3ccccc3)C2)cc1. The Kier molecular flexibility index (Phi) is 5.31. The molecule has 0 aromatic heterocycles. The van der Waals surface area contributed by atoms with Crippen LogP contribution in [0.25, 0.3) is 0 Å². The third-order valence-corrected chi connectivity index (χ3v) is 4.98. The molecule has 24 heavy (non-hydrogen) atoms. The van der Waals surface area contributed by atoms with Crippen LogP contribution in [-0.2, 0) is 17.8 Å². The van der Waals surface area contributed by atoms with Crippen molar-refractivity contribution < 1.29 is 9.90 Å². The van der Waals surface area contributed by atoms with E-state index in [2.05, 4.69) is 48.2 Å². The molecule has 3 heteroatoms. The van der Waals surface area contributed by atoms with E-state index in [1.54, 1.807) is 0 Å². The molecule has 0 bridgehead atoms. The largest absolute Gasteiger partial charge is 0.481 e. The fourth-order valence-electron chi connectivity index (χ4n) is 3.61. The van der Waals surface area contributed by atoms with Gasteiger partial charge in [0.25, 0.3) is 0 Å². The van der Waals surface area contributed by atoms with Gasteiger partial charge >= 0.3 is 5.97 Å². The number of aliphatic carboxylic acids is 1. The minimum atomic E-state index is -0.678. The van der Waals surface area contributed by atoms with Crippen molar-refractivity contribution in [3.63, 3.8) is 0 Å². The van der Waals surface area contributed by atoms with Gasteiger partial charge in [0.05, 0.1) is 5.92 Å². The van der Waals surface area contributed by atoms with Crippen molar-refractivity contribution in [2.75, 3.05) is 13.1 Å². The van der Waals surface area contributed by atoms with Gasteiger partial charge in [-0.2, -0.15) is 0 Å². The summed E-state index contributed by atoms with van der Waals surface area (Å²) in [7, 11) is 0. The summed E-state index contributed by atoms with van der Waals surface area (Å²) < 4.78 is 0. The number of nitrogens with zero attached hydrogens (tertiary/aromatic N) is 1. The number of piperidine rings is 1. The number of likely N-dealkylation sites (tertiary alicyclic amines) is 1. The summed E-state index contributed by atoms with van der Waals surface area (Å²) in [6, 6.07) is 19.0. The summed E-state index contributed by atoms with van der Waals surface area (Å²) in [5.74, 6) is -0.685. The van der Waals surface area contributed by atoms with E-state index < -0.39 is 5.97 Å². The minimum absolute atomic E-state index is 0.287. The molecular formula is C21H25NO2. The molecule has 1 aliphatic heterocycles. The first-order valence-corrected chi connectivity index (χ1v) is 8.73.